The van der Waals surface area contributed by atoms with E-state index in [1.165, 1.54) is 38.5 Å². The van der Waals surface area contributed by atoms with Crippen LogP contribution in [-0.2, 0) is 4.74 Å². The molecule has 23 heavy (non-hydrogen) atoms. The van der Waals surface area contributed by atoms with Crippen molar-refractivity contribution >= 4 is 36.0 Å². The van der Waals surface area contributed by atoms with Crippen molar-refractivity contribution in [3.05, 3.63) is 0 Å². The zero-order valence-electron chi connectivity index (χ0n) is 14.1. The van der Waals surface area contributed by atoms with E-state index in [4.69, 9.17) is 10.5 Å². The van der Waals surface area contributed by atoms with Crippen LogP contribution in [0.3, 0.4) is 0 Å². The standard InChI is InChI=1S/C16H30N4O2.HI/c1-2-22-16(21)20-14(12-9-10-12)11-18-15(17)19-13-7-5-3-4-6-8-13;/h12-14H,2-11H2,1H3,(H,20,21)(H3,17,18,19);1H. The maximum Gasteiger partial charge on any atom is 0.407 e. The molecule has 134 valence electrons. The molecule has 2 saturated carbocycles. The number of amides is 1. The Kier molecular flexibility index (Phi) is 9.66. The maximum atomic E-state index is 11.6. The van der Waals surface area contributed by atoms with Gasteiger partial charge in [-0.25, -0.2) is 4.79 Å². The molecule has 2 aliphatic rings. The summed E-state index contributed by atoms with van der Waals surface area (Å²) in [6, 6.07) is 0.483. The number of hydrogen-bond acceptors (Lipinski definition) is 3. The highest BCUT2D eigenvalue weighted by molar-refractivity contribution is 14.0. The molecule has 2 rings (SSSR count). The zero-order valence-corrected chi connectivity index (χ0v) is 16.4. The number of guanidine groups is 1. The van der Waals surface area contributed by atoms with Crippen LogP contribution in [0.4, 0.5) is 4.79 Å². The predicted octanol–water partition coefficient (Wildman–Crippen LogP) is 2.76. The van der Waals surface area contributed by atoms with Crippen molar-refractivity contribution in [1.29, 1.82) is 0 Å². The molecule has 2 aliphatic carbocycles. The van der Waals surface area contributed by atoms with Gasteiger partial charge in [-0.1, -0.05) is 25.7 Å². The molecule has 6 nitrogen and oxygen atoms in total. The second-order valence-electron chi connectivity index (χ2n) is 6.37. The van der Waals surface area contributed by atoms with E-state index in [1.807, 2.05) is 0 Å². The number of nitrogens with two attached hydrogens (primary N) is 1. The summed E-state index contributed by atoms with van der Waals surface area (Å²) in [6.07, 6.45) is 9.44. The van der Waals surface area contributed by atoms with Gasteiger partial charge in [0, 0.05) is 6.04 Å². The number of aliphatic imine (C=N–C) groups is 1. The Bertz CT molecular complexity index is 380. The molecular formula is C16H31IN4O2. The van der Waals surface area contributed by atoms with Crippen LogP contribution in [0.25, 0.3) is 0 Å². The summed E-state index contributed by atoms with van der Waals surface area (Å²) in [5.74, 6) is 1.02. The molecule has 0 radical (unpaired) electrons. The Labute approximate surface area is 156 Å². The Morgan fingerprint density at radius 2 is 1.87 bits per heavy atom. The van der Waals surface area contributed by atoms with Gasteiger partial charge < -0.3 is 21.1 Å². The molecule has 0 saturated heterocycles. The highest BCUT2D eigenvalue weighted by atomic mass is 127. The lowest BCUT2D eigenvalue weighted by Crippen LogP contribution is -2.43. The van der Waals surface area contributed by atoms with Crippen LogP contribution in [0.15, 0.2) is 4.99 Å². The predicted molar refractivity (Wildman–Crippen MR) is 103 cm³/mol. The van der Waals surface area contributed by atoms with Crippen LogP contribution in [0.5, 0.6) is 0 Å². The number of ether oxygens (including phenoxy) is 1. The Morgan fingerprint density at radius 3 is 2.43 bits per heavy atom. The normalized spacial score (nSPS) is 20.8. The van der Waals surface area contributed by atoms with E-state index in [2.05, 4.69) is 15.6 Å². The van der Waals surface area contributed by atoms with Crippen molar-refractivity contribution in [2.75, 3.05) is 13.2 Å². The van der Waals surface area contributed by atoms with Gasteiger partial charge in [-0.15, -0.1) is 24.0 Å². The Morgan fingerprint density at radius 1 is 1.22 bits per heavy atom. The van der Waals surface area contributed by atoms with Crippen LogP contribution in [0.2, 0.25) is 0 Å². The lowest BCUT2D eigenvalue weighted by Gasteiger charge is -2.19. The number of carbonyl (C=O) groups is 1. The van der Waals surface area contributed by atoms with Crippen molar-refractivity contribution < 1.29 is 9.53 Å². The molecule has 4 N–H and O–H groups in total. The molecule has 2 fully saturated rings. The third kappa shape index (κ3) is 8.08. The highest BCUT2D eigenvalue weighted by Gasteiger charge is 2.32. The molecule has 0 bridgehead atoms. The third-order valence-electron chi connectivity index (χ3n) is 4.44. The second kappa shape index (κ2) is 10.9. The first-order chi connectivity index (χ1) is 10.7. The molecule has 0 spiro atoms. The summed E-state index contributed by atoms with van der Waals surface area (Å²) >= 11 is 0. The molecule has 0 aromatic rings. The molecule has 0 aromatic heterocycles. The van der Waals surface area contributed by atoms with Crippen molar-refractivity contribution in [1.82, 2.24) is 10.6 Å². The van der Waals surface area contributed by atoms with E-state index in [0.29, 0.717) is 31.1 Å². The van der Waals surface area contributed by atoms with Crippen molar-refractivity contribution in [3.8, 4) is 0 Å². The molecule has 1 atom stereocenters. The van der Waals surface area contributed by atoms with Gasteiger partial charge in [0.25, 0.3) is 0 Å². The summed E-state index contributed by atoms with van der Waals surface area (Å²) in [5, 5.41) is 6.23. The van der Waals surface area contributed by atoms with E-state index in [-0.39, 0.29) is 36.1 Å². The van der Waals surface area contributed by atoms with Gasteiger partial charge in [0.2, 0.25) is 0 Å². The quantitative estimate of drug-likeness (QED) is 0.258. The minimum atomic E-state index is -0.357. The first-order valence-corrected chi connectivity index (χ1v) is 8.68. The van der Waals surface area contributed by atoms with Crippen molar-refractivity contribution in [3.63, 3.8) is 0 Å². The maximum absolute atomic E-state index is 11.6. The van der Waals surface area contributed by atoms with Crippen LogP contribution < -0.4 is 16.4 Å². The smallest absolute Gasteiger partial charge is 0.407 e. The van der Waals surface area contributed by atoms with Crippen LogP contribution >= 0.6 is 24.0 Å². The Balaban J connectivity index is 0.00000264. The largest absolute Gasteiger partial charge is 0.450 e. The molecular weight excluding hydrogens is 407 g/mol. The van der Waals surface area contributed by atoms with Crippen LogP contribution in [0, 0.1) is 5.92 Å². The summed E-state index contributed by atoms with van der Waals surface area (Å²) in [4.78, 5) is 16.0. The third-order valence-corrected chi connectivity index (χ3v) is 4.44. The van der Waals surface area contributed by atoms with E-state index < -0.39 is 0 Å². The summed E-state index contributed by atoms with van der Waals surface area (Å²) < 4.78 is 4.95. The van der Waals surface area contributed by atoms with E-state index in [0.717, 1.165) is 12.8 Å². The first-order valence-electron chi connectivity index (χ1n) is 8.68. The second-order valence-corrected chi connectivity index (χ2v) is 6.37. The summed E-state index contributed by atoms with van der Waals surface area (Å²) in [7, 11) is 0. The van der Waals surface area contributed by atoms with E-state index >= 15 is 0 Å². The van der Waals surface area contributed by atoms with Gasteiger partial charge in [0.05, 0.1) is 19.2 Å². The average Bonchev–Trinajstić information content (AvgIpc) is 3.31. The number of carbonyl (C=O) groups excluding carboxylic acids is 1. The molecule has 0 heterocycles. The lowest BCUT2D eigenvalue weighted by molar-refractivity contribution is 0.147. The van der Waals surface area contributed by atoms with Gasteiger partial charge >= 0.3 is 6.09 Å². The van der Waals surface area contributed by atoms with Gasteiger partial charge in [-0.2, -0.15) is 0 Å². The molecule has 1 unspecified atom stereocenters. The molecule has 0 aromatic carbocycles. The van der Waals surface area contributed by atoms with E-state index in [9.17, 15) is 4.79 Å². The number of alkyl carbamates (subject to hydrolysis) is 1. The average molecular weight is 438 g/mol. The monoisotopic (exact) mass is 438 g/mol. The fourth-order valence-corrected chi connectivity index (χ4v) is 3.01. The minimum Gasteiger partial charge on any atom is -0.450 e. The summed E-state index contributed by atoms with van der Waals surface area (Å²) in [5.41, 5.74) is 6.01. The molecule has 0 aliphatic heterocycles. The summed E-state index contributed by atoms with van der Waals surface area (Å²) in [6.45, 7) is 2.71. The topological polar surface area (TPSA) is 88.7 Å². The van der Waals surface area contributed by atoms with Gasteiger partial charge in [0.1, 0.15) is 0 Å². The Hall–Kier alpha value is -0.730. The van der Waals surface area contributed by atoms with Gasteiger partial charge in [-0.3, -0.25) is 4.99 Å². The van der Waals surface area contributed by atoms with E-state index in [1.54, 1.807) is 6.92 Å². The van der Waals surface area contributed by atoms with Crippen LogP contribution in [0.1, 0.15) is 58.3 Å². The number of halogens is 1. The van der Waals surface area contributed by atoms with Crippen molar-refractivity contribution in [2.24, 2.45) is 16.6 Å². The number of nitrogens with one attached hydrogen (secondary N) is 2. The van der Waals surface area contributed by atoms with Gasteiger partial charge in [0.15, 0.2) is 5.96 Å². The SMILES string of the molecule is CCOC(=O)NC(CN=C(N)NC1CCCCCC1)C1CC1.I. The fraction of sp³-hybridized carbons (Fsp3) is 0.875. The lowest BCUT2D eigenvalue weighted by atomic mass is 10.1. The van der Waals surface area contributed by atoms with Gasteiger partial charge in [-0.05, 0) is 38.5 Å². The molecule has 1 amide bonds. The minimum absolute atomic E-state index is 0. The van der Waals surface area contributed by atoms with Crippen LogP contribution in [-0.4, -0.2) is 37.3 Å². The highest BCUT2D eigenvalue weighted by Crippen LogP contribution is 2.32. The number of nitrogens with zero attached hydrogens (tertiary/aromatic N) is 1. The first kappa shape index (κ1) is 20.3. The molecule has 7 heteroatoms. The number of rotatable bonds is 6. The number of hydrogen-bond donors (Lipinski definition) is 3. The van der Waals surface area contributed by atoms with Crippen molar-refractivity contribution in [2.45, 2.75) is 70.4 Å². The zero-order chi connectivity index (χ0) is 15.8. The fourth-order valence-electron chi connectivity index (χ4n) is 3.01.